The molecule has 1 fully saturated rings. The number of unbranched alkanes of at least 4 members (excludes halogenated alkanes) is 4. The molecule has 3 amide bonds. The fraction of sp³-hybridized carbons (Fsp3) is 0.462. The molecule has 0 aliphatic carbocycles. The lowest BCUT2D eigenvalue weighted by atomic mass is 9.67. The van der Waals surface area contributed by atoms with E-state index in [1.807, 2.05) is 91.0 Å². The normalized spacial score (nSPS) is 15.2. The predicted molar refractivity (Wildman–Crippen MR) is 185 cm³/mol. The Bertz CT molecular complexity index is 1240. The lowest BCUT2D eigenvalue weighted by Gasteiger charge is -2.35. The third-order valence-electron chi connectivity index (χ3n) is 9.11. The van der Waals surface area contributed by atoms with Crippen LogP contribution in [0, 0.1) is 5.92 Å². The molecule has 1 aliphatic rings. The molecule has 3 aromatic carbocycles. The molecule has 7 heteroatoms. The summed E-state index contributed by atoms with van der Waals surface area (Å²) in [6, 6.07) is 30.1. The van der Waals surface area contributed by atoms with Crippen molar-refractivity contribution in [1.82, 2.24) is 20.9 Å². The van der Waals surface area contributed by atoms with Gasteiger partial charge in [0.2, 0.25) is 17.7 Å². The molecule has 0 bridgehead atoms. The first-order chi connectivity index (χ1) is 22.5. The van der Waals surface area contributed by atoms with Gasteiger partial charge in [0, 0.05) is 32.5 Å². The third kappa shape index (κ3) is 10.5. The minimum absolute atomic E-state index is 0.0561. The highest BCUT2D eigenvalue weighted by atomic mass is 16.2. The zero-order valence-corrected chi connectivity index (χ0v) is 27.5. The van der Waals surface area contributed by atoms with Crippen LogP contribution in [0.4, 0.5) is 0 Å². The number of nitrogens with zero attached hydrogens (tertiary/aromatic N) is 1. The standard InChI is InChI=1S/C39H52N4O3/c1-2-3-4-5-15-26-43-27-16-17-32(31-43)29-41-36(44)24-25-40-38(46)30-42-37(45)28-39(33-18-9-6-10-19-33,34-20-11-7-12-21-34)35-22-13-8-14-23-35/h6-14,18-23,32H,2-5,15-17,24-31H2,1H3,(H,40,46)(H,41,44)(H,42,45)/t32-/m0/s1. The maximum atomic E-state index is 13.5. The average molecular weight is 625 g/mol. The Morgan fingerprint density at radius 1 is 0.717 bits per heavy atom. The summed E-state index contributed by atoms with van der Waals surface area (Å²) >= 11 is 0. The summed E-state index contributed by atoms with van der Waals surface area (Å²) in [6.07, 6.45) is 9.15. The number of hydrogen-bond donors (Lipinski definition) is 3. The SMILES string of the molecule is CCCCCCCN1CCC[C@@H](CNC(=O)CCNC(=O)CNC(=O)CC(c2ccccc2)(c2ccccc2)c2ccccc2)C1. The number of amides is 3. The molecule has 0 unspecified atom stereocenters. The Kier molecular flexibility index (Phi) is 14.3. The Hall–Kier alpha value is -3.97. The second-order valence-corrected chi connectivity index (χ2v) is 12.6. The van der Waals surface area contributed by atoms with Crippen molar-refractivity contribution >= 4 is 17.7 Å². The van der Waals surface area contributed by atoms with Crippen molar-refractivity contribution in [3.05, 3.63) is 108 Å². The third-order valence-corrected chi connectivity index (χ3v) is 9.11. The monoisotopic (exact) mass is 624 g/mol. The minimum Gasteiger partial charge on any atom is -0.356 e. The van der Waals surface area contributed by atoms with Crippen LogP contribution in [0.25, 0.3) is 0 Å². The van der Waals surface area contributed by atoms with E-state index in [0.29, 0.717) is 12.5 Å². The minimum atomic E-state index is -0.730. The highest BCUT2D eigenvalue weighted by Crippen LogP contribution is 2.42. The molecule has 0 aromatic heterocycles. The summed E-state index contributed by atoms with van der Waals surface area (Å²) < 4.78 is 0. The van der Waals surface area contributed by atoms with Gasteiger partial charge in [0.1, 0.15) is 0 Å². The largest absolute Gasteiger partial charge is 0.356 e. The van der Waals surface area contributed by atoms with Gasteiger partial charge in [-0.15, -0.1) is 0 Å². The molecule has 0 radical (unpaired) electrons. The molecular weight excluding hydrogens is 572 g/mol. The zero-order valence-electron chi connectivity index (χ0n) is 27.5. The number of carbonyl (C=O) groups is 3. The van der Waals surface area contributed by atoms with E-state index in [1.165, 1.54) is 38.5 Å². The summed E-state index contributed by atoms with van der Waals surface area (Å²) in [5.41, 5.74) is 2.27. The number of carbonyl (C=O) groups excluding carboxylic acids is 3. The molecule has 1 aliphatic heterocycles. The average Bonchev–Trinajstić information content (AvgIpc) is 3.10. The highest BCUT2D eigenvalue weighted by molar-refractivity contribution is 5.86. The molecule has 7 nitrogen and oxygen atoms in total. The quantitative estimate of drug-likeness (QED) is 0.123. The van der Waals surface area contributed by atoms with Crippen LogP contribution in [0.15, 0.2) is 91.0 Å². The van der Waals surface area contributed by atoms with Gasteiger partial charge in [-0.25, -0.2) is 0 Å². The van der Waals surface area contributed by atoms with E-state index < -0.39 is 5.41 Å². The Morgan fingerprint density at radius 2 is 1.30 bits per heavy atom. The van der Waals surface area contributed by atoms with Crippen LogP contribution < -0.4 is 16.0 Å². The molecule has 3 N–H and O–H groups in total. The molecule has 1 atom stereocenters. The number of hydrogen-bond acceptors (Lipinski definition) is 4. The van der Waals surface area contributed by atoms with Crippen LogP contribution in [0.2, 0.25) is 0 Å². The van der Waals surface area contributed by atoms with Crippen molar-refractivity contribution in [2.24, 2.45) is 5.92 Å². The van der Waals surface area contributed by atoms with Crippen molar-refractivity contribution in [3.63, 3.8) is 0 Å². The fourth-order valence-electron chi connectivity index (χ4n) is 6.64. The van der Waals surface area contributed by atoms with E-state index in [4.69, 9.17) is 0 Å². The van der Waals surface area contributed by atoms with E-state index in [-0.39, 0.29) is 43.7 Å². The maximum Gasteiger partial charge on any atom is 0.239 e. The van der Waals surface area contributed by atoms with Gasteiger partial charge in [0.25, 0.3) is 0 Å². The van der Waals surface area contributed by atoms with Crippen LogP contribution in [0.1, 0.15) is 81.4 Å². The first kappa shape index (κ1) is 34.9. The number of rotatable bonds is 18. The van der Waals surface area contributed by atoms with Crippen molar-refractivity contribution < 1.29 is 14.4 Å². The Morgan fingerprint density at radius 3 is 1.89 bits per heavy atom. The van der Waals surface area contributed by atoms with Crippen molar-refractivity contribution in [1.29, 1.82) is 0 Å². The molecule has 1 saturated heterocycles. The van der Waals surface area contributed by atoms with Crippen LogP contribution in [-0.4, -0.2) is 61.9 Å². The van der Waals surface area contributed by atoms with Gasteiger partial charge >= 0.3 is 0 Å². The van der Waals surface area contributed by atoms with E-state index in [2.05, 4.69) is 27.8 Å². The molecule has 3 aromatic rings. The number of benzene rings is 3. The van der Waals surface area contributed by atoms with Gasteiger partial charge in [0.15, 0.2) is 0 Å². The molecule has 246 valence electrons. The number of piperidine rings is 1. The van der Waals surface area contributed by atoms with Crippen LogP contribution in [-0.2, 0) is 19.8 Å². The maximum absolute atomic E-state index is 13.5. The molecular formula is C39H52N4O3. The highest BCUT2D eigenvalue weighted by Gasteiger charge is 2.38. The lowest BCUT2D eigenvalue weighted by Crippen LogP contribution is -2.43. The van der Waals surface area contributed by atoms with Gasteiger partial charge in [-0.3, -0.25) is 14.4 Å². The summed E-state index contributed by atoms with van der Waals surface area (Å²) in [7, 11) is 0. The Labute approximate surface area is 275 Å². The zero-order chi connectivity index (χ0) is 32.5. The van der Waals surface area contributed by atoms with Crippen molar-refractivity contribution in [2.75, 3.05) is 39.3 Å². The molecule has 46 heavy (non-hydrogen) atoms. The van der Waals surface area contributed by atoms with Gasteiger partial charge in [-0.2, -0.15) is 0 Å². The number of nitrogens with one attached hydrogen (secondary N) is 3. The number of likely N-dealkylation sites (tertiary alicyclic amines) is 1. The topological polar surface area (TPSA) is 90.5 Å². The van der Waals surface area contributed by atoms with Gasteiger partial charge in [-0.05, 0) is 55.0 Å². The van der Waals surface area contributed by atoms with Crippen LogP contribution >= 0.6 is 0 Å². The van der Waals surface area contributed by atoms with Crippen LogP contribution in [0.3, 0.4) is 0 Å². The first-order valence-electron chi connectivity index (χ1n) is 17.2. The summed E-state index contributed by atoms with van der Waals surface area (Å²) in [5.74, 6) is -0.119. The summed E-state index contributed by atoms with van der Waals surface area (Å²) in [6.45, 7) is 6.37. The van der Waals surface area contributed by atoms with Crippen molar-refractivity contribution in [3.8, 4) is 0 Å². The molecule has 0 saturated carbocycles. The second kappa shape index (κ2) is 18.9. The fourth-order valence-corrected chi connectivity index (χ4v) is 6.64. The van der Waals surface area contributed by atoms with Gasteiger partial charge < -0.3 is 20.9 Å². The smallest absolute Gasteiger partial charge is 0.239 e. The molecule has 0 spiro atoms. The van der Waals surface area contributed by atoms with Gasteiger partial charge in [0.05, 0.1) is 12.0 Å². The molecule has 4 rings (SSSR count). The van der Waals surface area contributed by atoms with Crippen LogP contribution in [0.5, 0.6) is 0 Å². The molecule has 1 heterocycles. The van der Waals surface area contributed by atoms with E-state index in [0.717, 1.165) is 42.7 Å². The van der Waals surface area contributed by atoms with E-state index >= 15 is 0 Å². The van der Waals surface area contributed by atoms with Crippen molar-refractivity contribution in [2.45, 2.75) is 70.1 Å². The predicted octanol–water partition coefficient (Wildman–Crippen LogP) is 5.83. The van der Waals surface area contributed by atoms with E-state index in [1.54, 1.807) is 0 Å². The van der Waals surface area contributed by atoms with E-state index in [9.17, 15) is 14.4 Å². The first-order valence-corrected chi connectivity index (χ1v) is 17.2. The second-order valence-electron chi connectivity index (χ2n) is 12.6. The van der Waals surface area contributed by atoms with Gasteiger partial charge in [-0.1, -0.05) is 124 Å². The lowest BCUT2D eigenvalue weighted by molar-refractivity contribution is -0.126. The Balaban J connectivity index is 1.22. The summed E-state index contributed by atoms with van der Waals surface area (Å²) in [4.78, 5) is 41.1. The summed E-state index contributed by atoms with van der Waals surface area (Å²) in [5, 5.41) is 8.68.